The zero-order valence-corrected chi connectivity index (χ0v) is 14.5. The molecule has 1 N–H and O–H groups in total. The van der Waals surface area contributed by atoms with Gasteiger partial charge >= 0.3 is 0 Å². The van der Waals surface area contributed by atoms with E-state index in [-0.39, 0.29) is 5.91 Å². The van der Waals surface area contributed by atoms with E-state index in [1.165, 1.54) is 12.2 Å². The normalized spacial score (nSPS) is 22.0. The number of aromatic nitrogens is 3. The SMILES string of the molecule is Cc1cccc(-c2nc3n(c2-c2ccc4c(c2)CNC4=O)CC2CC32)n1. The van der Waals surface area contributed by atoms with Crippen molar-refractivity contribution in [3.8, 4) is 22.6 Å². The van der Waals surface area contributed by atoms with Gasteiger partial charge in [-0.2, -0.15) is 0 Å². The van der Waals surface area contributed by atoms with Crippen molar-refractivity contribution in [2.75, 3.05) is 0 Å². The van der Waals surface area contributed by atoms with Gasteiger partial charge in [-0.25, -0.2) is 4.98 Å². The van der Waals surface area contributed by atoms with Crippen LogP contribution in [0.2, 0.25) is 0 Å². The topological polar surface area (TPSA) is 59.8 Å². The molecule has 1 aromatic carbocycles. The fraction of sp³-hybridized carbons (Fsp3) is 0.286. The van der Waals surface area contributed by atoms with Crippen LogP contribution in [0.4, 0.5) is 0 Å². The Bertz CT molecular complexity index is 1100. The molecule has 0 saturated heterocycles. The molecule has 1 saturated carbocycles. The molecule has 1 aliphatic carbocycles. The number of pyridine rings is 1. The van der Waals surface area contributed by atoms with Gasteiger partial charge in [-0.1, -0.05) is 12.1 Å². The molecule has 0 radical (unpaired) electrons. The average Bonchev–Trinajstić information content (AvgIpc) is 2.98. The smallest absolute Gasteiger partial charge is 0.251 e. The summed E-state index contributed by atoms with van der Waals surface area (Å²) in [5.41, 5.74) is 7.00. The molecule has 1 amide bonds. The Labute approximate surface area is 151 Å². The van der Waals surface area contributed by atoms with E-state index in [0.29, 0.717) is 12.5 Å². The monoisotopic (exact) mass is 342 g/mol. The number of carbonyl (C=O) groups excluding carboxylic acids is 1. The van der Waals surface area contributed by atoms with Crippen LogP contribution in [0.3, 0.4) is 0 Å². The van der Waals surface area contributed by atoms with Gasteiger partial charge in [-0.3, -0.25) is 9.78 Å². The van der Waals surface area contributed by atoms with Gasteiger partial charge in [0.15, 0.2) is 0 Å². The summed E-state index contributed by atoms with van der Waals surface area (Å²) in [6.07, 6.45) is 1.26. The van der Waals surface area contributed by atoms with Crippen LogP contribution in [0.5, 0.6) is 0 Å². The van der Waals surface area contributed by atoms with Crippen molar-refractivity contribution in [1.82, 2.24) is 19.9 Å². The van der Waals surface area contributed by atoms with Crippen LogP contribution in [0.25, 0.3) is 22.6 Å². The first-order chi connectivity index (χ1) is 12.7. The number of fused-ring (bicyclic) bond motifs is 4. The summed E-state index contributed by atoms with van der Waals surface area (Å²) < 4.78 is 2.38. The molecule has 2 aromatic heterocycles. The molecule has 2 atom stereocenters. The van der Waals surface area contributed by atoms with Crippen LogP contribution in [0.1, 0.15) is 39.8 Å². The summed E-state index contributed by atoms with van der Waals surface area (Å²) in [6, 6.07) is 12.2. The number of carbonyl (C=O) groups is 1. The Morgan fingerprint density at radius 2 is 2.12 bits per heavy atom. The largest absolute Gasteiger partial charge is 0.348 e. The lowest BCUT2D eigenvalue weighted by atomic mass is 10.0. The third kappa shape index (κ3) is 1.88. The molecule has 4 heterocycles. The summed E-state index contributed by atoms with van der Waals surface area (Å²) in [5.74, 6) is 2.60. The Morgan fingerprint density at radius 1 is 1.19 bits per heavy atom. The second-order valence-electron chi connectivity index (χ2n) is 7.60. The van der Waals surface area contributed by atoms with Crippen LogP contribution in [0.15, 0.2) is 36.4 Å². The summed E-state index contributed by atoms with van der Waals surface area (Å²) in [6.45, 7) is 3.66. The van der Waals surface area contributed by atoms with E-state index in [9.17, 15) is 4.79 Å². The van der Waals surface area contributed by atoms with Crippen LogP contribution >= 0.6 is 0 Å². The van der Waals surface area contributed by atoms with E-state index in [0.717, 1.165) is 51.9 Å². The van der Waals surface area contributed by atoms with Crippen LogP contribution in [-0.4, -0.2) is 20.4 Å². The minimum absolute atomic E-state index is 0.0203. The molecule has 0 spiro atoms. The average molecular weight is 342 g/mol. The van der Waals surface area contributed by atoms with Crippen molar-refractivity contribution >= 4 is 5.91 Å². The standard InChI is InChI=1S/C21H18N4O/c1-11-3-2-4-17(23-11)18-19(25-10-14-8-16(14)20(25)24-18)12-5-6-15-13(7-12)9-22-21(15)26/h2-7,14,16H,8-10H2,1H3,(H,22,26). The van der Waals surface area contributed by atoms with Gasteiger partial charge in [-0.15, -0.1) is 0 Å². The minimum Gasteiger partial charge on any atom is -0.348 e. The first-order valence-electron chi connectivity index (χ1n) is 9.15. The molecule has 26 heavy (non-hydrogen) atoms. The lowest BCUT2D eigenvalue weighted by molar-refractivity contribution is 0.0966. The van der Waals surface area contributed by atoms with Crippen LogP contribution in [-0.2, 0) is 13.1 Å². The fourth-order valence-corrected chi connectivity index (χ4v) is 4.46. The number of hydrogen-bond acceptors (Lipinski definition) is 3. The quantitative estimate of drug-likeness (QED) is 0.777. The maximum Gasteiger partial charge on any atom is 0.251 e. The highest BCUT2D eigenvalue weighted by atomic mass is 16.1. The second-order valence-corrected chi connectivity index (χ2v) is 7.60. The Hall–Kier alpha value is -2.95. The lowest BCUT2D eigenvalue weighted by Gasteiger charge is -2.11. The number of imidazole rings is 1. The molecule has 2 aliphatic heterocycles. The summed E-state index contributed by atoms with van der Waals surface area (Å²) in [7, 11) is 0. The number of hydrogen-bond donors (Lipinski definition) is 1. The van der Waals surface area contributed by atoms with Gasteiger partial charge in [0, 0.05) is 35.8 Å². The molecular formula is C21H18N4O. The molecular weight excluding hydrogens is 324 g/mol. The Morgan fingerprint density at radius 3 is 3.00 bits per heavy atom. The molecule has 5 nitrogen and oxygen atoms in total. The predicted octanol–water partition coefficient (Wildman–Crippen LogP) is 3.28. The Balaban J connectivity index is 1.58. The first kappa shape index (κ1) is 14.2. The number of nitrogens with one attached hydrogen (secondary N) is 1. The van der Waals surface area contributed by atoms with Crippen molar-refractivity contribution in [2.24, 2.45) is 5.92 Å². The maximum atomic E-state index is 11.9. The molecule has 3 aliphatic rings. The van der Waals surface area contributed by atoms with Crippen molar-refractivity contribution in [1.29, 1.82) is 0 Å². The van der Waals surface area contributed by atoms with E-state index >= 15 is 0 Å². The summed E-state index contributed by atoms with van der Waals surface area (Å²) in [4.78, 5) is 21.6. The molecule has 1 fully saturated rings. The highest BCUT2D eigenvalue weighted by Crippen LogP contribution is 2.55. The zero-order chi connectivity index (χ0) is 17.4. The van der Waals surface area contributed by atoms with Gasteiger partial charge in [0.25, 0.3) is 5.91 Å². The van der Waals surface area contributed by atoms with Gasteiger partial charge in [0.1, 0.15) is 11.5 Å². The number of aryl methyl sites for hydroxylation is 1. The van der Waals surface area contributed by atoms with E-state index in [2.05, 4.69) is 22.0 Å². The molecule has 2 unspecified atom stereocenters. The number of amides is 1. The predicted molar refractivity (Wildman–Crippen MR) is 97.6 cm³/mol. The Kier molecular flexibility index (Phi) is 2.64. The summed E-state index contributed by atoms with van der Waals surface area (Å²) >= 11 is 0. The van der Waals surface area contributed by atoms with E-state index < -0.39 is 0 Å². The number of benzene rings is 1. The van der Waals surface area contributed by atoms with Gasteiger partial charge in [-0.05, 0) is 49.1 Å². The fourth-order valence-electron chi connectivity index (χ4n) is 4.46. The highest BCUT2D eigenvalue weighted by molar-refractivity contribution is 5.99. The van der Waals surface area contributed by atoms with Gasteiger partial charge in [0.2, 0.25) is 0 Å². The number of nitrogens with zero attached hydrogens (tertiary/aromatic N) is 3. The maximum absolute atomic E-state index is 11.9. The van der Waals surface area contributed by atoms with E-state index in [1.807, 2.05) is 31.2 Å². The lowest BCUT2D eigenvalue weighted by Crippen LogP contribution is -2.12. The van der Waals surface area contributed by atoms with Crippen molar-refractivity contribution in [3.05, 3.63) is 59.0 Å². The van der Waals surface area contributed by atoms with Crippen molar-refractivity contribution in [3.63, 3.8) is 0 Å². The van der Waals surface area contributed by atoms with Gasteiger partial charge < -0.3 is 9.88 Å². The van der Waals surface area contributed by atoms with Crippen molar-refractivity contribution in [2.45, 2.75) is 32.4 Å². The molecule has 128 valence electrons. The molecule has 5 heteroatoms. The molecule has 6 rings (SSSR count). The van der Waals surface area contributed by atoms with Gasteiger partial charge in [0.05, 0.1) is 11.4 Å². The third-order valence-corrected chi connectivity index (χ3v) is 5.86. The summed E-state index contributed by atoms with van der Waals surface area (Å²) in [5, 5.41) is 2.90. The third-order valence-electron chi connectivity index (χ3n) is 5.86. The molecule has 0 bridgehead atoms. The minimum atomic E-state index is 0.0203. The highest BCUT2D eigenvalue weighted by Gasteiger charge is 2.48. The van der Waals surface area contributed by atoms with E-state index in [4.69, 9.17) is 9.97 Å². The molecule has 3 aromatic rings. The zero-order valence-electron chi connectivity index (χ0n) is 14.5. The van der Waals surface area contributed by atoms with Crippen LogP contribution in [0, 0.1) is 12.8 Å². The van der Waals surface area contributed by atoms with E-state index in [1.54, 1.807) is 0 Å². The van der Waals surface area contributed by atoms with Crippen LogP contribution < -0.4 is 5.32 Å². The van der Waals surface area contributed by atoms with Crippen molar-refractivity contribution < 1.29 is 4.79 Å². The first-order valence-corrected chi connectivity index (χ1v) is 9.15. The number of rotatable bonds is 2. The second kappa shape index (κ2) is 4.81.